The fraction of sp³-hybridized carbons (Fsp3) is 1.00. The van der Waals surface area contributed by atoms with Crippen molar-refractivity contribution in [2.45, 2.75) is 6.42 Å². The molecule has 2 nitrogen and oxygen atoms in total. The summed E-state index contributed by atoms with van der Waals surface area (Å²) in [5.74, 6) is 0.787. The van der Waals surface area contributed by atoms with E-state index in [1.54, 1.807) is 7.11 Å². The number of methoxy groups -OCH3 is 1. The Bertz CT molecular complexity index is 59.5. The fourth-order valence-corrected chi connectivity index (χ4v) is 0.736. The van der Waals surface area contributed by atoms with Gasteiger partial charge >= 0.3 is 0 Å². The third kappa shape index (κ3) is 1.46. The summed E-state index contributed by atoms with van der Waals surface area (Å²) >= 11 is 0. The summed E-state index contributed by atoms with van der Waals surface area (Å²) in [6.07, 6.45) is 1.16. The predicted octanol–water partition coefficient (Wildman–Crippen LogP) is 0.669. The standard InChI is InChI=1S/C6H12O2/c1-7-3-2-6-4-8-5-6/h6H,2-5H2,1H3. The van der Waals surface area contributed by atoms with Crippen LogP contribution in [0.2, 0.25) is 0 Å². The second-order valence-electron chi connectivity index (χ2n) is 2.18. The van der Waals surface area contributed by atoms with Gasteiger partial charge in [-0.3, -0.25) is 0 Å². The van der Waals surface area contributed by atoms with Crippen molar-refractivity contribution >= 4 is 0 Å². The molecule has 0 amide bonds. The van der Waals surface area contributed by atoms with Crippen molar-refractivity contribution in [2.75, 3.05) is 26.9 Å². The minimum absolute atomic E-state index is 0.787. The van der Waals surface area contributed by atoms with Crippen LogP contribution in [0.1, 0.15) is 6.42 Å². The molecule has 0 aromatic carbocycles. The highest BCUT2D eigenvalue weighted by molar-refractivity contribution is 4.63. The van der Waals surface area contributed by atoms with Crippen LogP contribution in [-0.2, 0) is 9.47 Å². The van der Waals surface area contributed by atoms with E-state index in [9.17, 15) is 0 Å². The van der Waals surface area contributed by atoms with Crippen molar-refractivity contribution in [3.8, 4) is 0 Å². The molecule has 0 aromatic heterocycles. The molecule has 0 saturated carbocycles. The van der Waals surface area contributed by atoms with Crippen LogP contribution < -0.4 is 0 Å². The average molecular weight is 116 g/mol. The summed E-state index contributed by atoms with van der Waals surface area (Å²) in [6, 6.07) is 0. The summed E-state index contributed by atoms with van der Waals surface area (Å²) in [4.78, 5) is 0. The van der Waals surface area contributed by atoms with Crippen LogP contribution in [-0.4, -0.2) is 26.9 Å². The van der Waals surface area contributed by atoms with Crippen molar-refractivity contribution < 1.29 is 9.47 Å². The van der Waals surface area contributed by atoms with E-state index in [0.717, 1.165) is 32.2 Å². The maximum Gasteiger partial charge on any atom is 0.0517 e. The lowest BCUT2D eigenvalue weighted by atomic mass is 10.1. The van der Waals surface area contributed by atoms with Gasteiger partial charge in [-0.15, -0.1) is 0 Å². The highest BCUT2D eigenvalue weighted by Crippen LogP contribution is 2.13. The molecule has 1 aliphatic rings. The van der Waals surface area contributed by atoms with Crippen LogP contribution in [0.15, 0.2) is 0 Å². The number of rotatable bonds is 3. The van der Waals surface area contributed by atoms with Crippen molar-refractivity contribution in [3.63, 3.8) is 0 Å². The van der Waals surface area contributed by atoms with Crippen molar-refractivity contribution in [3.05, 3.63) is 0 Å². The Morgan fingerprint density at radius 3 is 2.75 bits per heavy atom. The zero-order valence-electron chi connectivity index (χ0n) is 5.22. The second-order valence-corrected chi connectivity index (χ2v) is 2.18. The molecule has 0 N–H and O–H groups in total. The molecule has 1 rings (SSSR count). The Balaban J connectivity index is 1.86. The molecule has 0 atom stereocenters. The maximum atomic E-state index is 4.98. The molecule has 1 saturated heterocycles. The van der Waals surface area contributed by atoms with E-state index in [0.29, 0.717) is 0 Å². The topological polar surface area (TPSA) is 18.5 Å². The molecular formula is C6H12O2. The highest BCUT2D eigenvalue weighted by atomic mass is 16.5. The van der Waals surface area contributed by atoms with E-state index in [1.807, 2.05) is 0 Å². The quantitative estimate of drug-likeness (QED) is 0.539. The molecular weight excluding hydrogens is 104 g/mol. The normalized spacial score (nSPS) is 20.6. The van der Waals surface area contributed by atoms with Gasteiger partial charge in [-0.2, -0.15) is 0 Å². The summed E-state index contributed by atoms with van der Waals surface area (Å²) in [5.41, 5.74) is 0. The molecule has 2 heteroatoms. The van der Waals surface area contributed by atoms with E-state index in [4.69, 9.17) is 9.47 Å². The van der Waals surface area contributed by atoms with Crippen LogP contribution in [0.5, 0.6) is 0 Å². The first kappa shape index (κ1) is 6.05. The Labute approximate surface area is 49.8 Å². The molecule has 8 heavy (non-hydrogen) atoms. The lowest BCUT2D eigenvalue weighted by Gasteiger charge is -2.25. The summed E-state index contributed by atoms with van der Waals surface area (Å²) < 4.78 is 9.87. The summed E-state index contributed by atoms with van der Waals surface area (Å²) in [6.45, 7) is 2.78. The van der Waals surface area contributed by atoms with Crippen LogP contribution >= 0.6 is 0 Å². The molecule has 1 fully saturated rings. The lowest BCUT2D eigenvalue weighted by Crippen LogP contribution is -2.28. The number of ether oxygens (including phenoxy) is 2. The highest BCUT2D eigenvalue weighted by Gasteiger charge is 2.16. The van der Waals surface area contributed by atoms with E-state index in [1.165, 1.54) is 0 Å². The molecule has 0 radical (unpaired) electrons. The SMILES string of the molecule is COCCC1COC1. The Kier molecular flexibility index (Phi) is 2.30. The fourth-order valence-electron chi connectivity index (χ4n) is 0.736. The second kappa shape index (κ2) is 3.05. The Hall–Kier alpha value is -0.0800. The van der Waals surface area contributed by atoms with Crippen LogP contribution in [0.4, 0.5) is 0 Å². The van der Waals surface area contributed by atoms with E-state index in [-0.39, 0.29) is 0 Å². The third-order valence-corrected chi connectivity index (χ3v) is 1.44. The smallest absolute Gasteiger partial charge is 0.0517 e. The van der Waals surface area contributed by atoms with Gasteiger partial charge in [0, 0.05) is 19.6 Å². The van der Waals surface area contributed by atoms with Gasteiger partial charge in [0.25, 0.3) is 0 Å². The molecule has 48 valence electrons. The first-order chi connectivity index (χ1) is 3.93. The Morgan fingerprint density at radius 2 is 2.38 bits per heavy atom. The molecule has 0 aliphatic carbocycles. The minimum atomic E-state index is 0.787. The number of hydrogen-bond donors (Lipinski definition) is 0. The monoisotopic (exact) mass is 116 g/mol. The molecule has 0 aromatic rings. The molecule has 1 aliphatic heterocycles. The summed E-state index contributed by atoms with van der Waals surface area (Å²) in [5, 5.41) is 0. The number of hydrogen-bond acceptors (Lipinski definition) is 2. The van der Waals surface area contributed by atoms with Gasteiger partial charge in [0.2, 0.25) is 0 Å². The van der Waals surface area contributed by atoms with Gasteiger partial charge in [0.1, 0.15) is 0 Å². The van der Waals surface area contributed by atoms with Crippen molar-refractivity contribution in [1.82, 2.24) is 0 Å². The van der Waals surface area contributed by atoms with Crippen molar-refractivity contribution in [1.29, 1.82) is 0 Å². The average Bonchev–Trinajstić information content (AvgIpc) is 1.63. The minimum Gasteiger partial charge on any atom is -0.385 e. The van der Waals surface area contributed by atoms with Gasteiger partial charge in [-0.25, -0.2) is 0 Å². The third-order valence-electron chi connectivity index (χ3n) is 1.44. The predicted molar refractivity (Wildman–Crippen MR) is 30.8 cm³/mol. The lowest BCUT2D eigenvalue weighted by molar-refractivity contribution is -0.0438. The van der Waals surface area contributed by atoms with E-state index in [2.05, 4.69) is 0 Å². The van der Waals surface area contributed by atoms with Crippen molar-refractivity contribution in [2.24, 2.45) is 5.92 Å². The van der Waals surface area contributed by atoms with Crippen LogP contribution in [0.25, 0.3) is 0 Å². The van der Waals surface area contributed by atoms with Gasteiger partial charge in [-0.05, 0) is 6.42 Å². The first-order valence-corrected chi connectivity index (χ1v) is 3.00. The van der Waals surface area contributed by atoms with Gasteiger partial charge in [0.05, 0.1) is 13.2 Å². The molecule has 0 unspecified atom stereocenters. The molecule has 0 bridgehead atoms. The molecule has 1 heterocycles. The van der Waals surface area contributed by atoms with E-state index < -0.39 is 0 Å². The van der Waals surface area contributed by atoms with Gasteiger partial charge in [0.15, 0.2) is 0 Å². The van der Waals surface area contributed by atoms with E-state index >= 15 is 0 Å². The van der Waals surface area contributed by atoms with Gasteiger partial charge < -0.3 is 9.47 Å². The van der Waals surface area contributed by atoms with Gasteiger partial charge in [-0.1, -0.05) is 0 Å². The van der Waals surface area contributed by atoms with Crippen LogP contribution in [0, 0.1) is 5.92 Å². The zero-order valence-corrected chi connectivity index (χ0v) is 5.22. The summed E-state index contributed by atoms with van der Waals surface area (Å²) in [7, 11) is 1.74. The Morgan fingerprint density at radius 1 is 1.62 bits per heavy atom. The maximum absolute atomic E-state index is 4.98. The zero-order chi connectivity index (χ0) is 5.82. The van der Waals surface area contributed by atoms with Crippen LogP contribution in [0.3, 0.4) is 0 Å². The first-order valence-electron chi connectivity index (χ1n) is 3.00. The largest absolute Gasteiger partial charge is 0.385 e. The molecule has 0 spiro atoms.